The number of anilines is 1. The van der Waals surface area contributed by atoms with Crippen molar-refractivity contribution in [2.24, 2.45) is 0 Å². The van der Waals surface area contributed by atoms with Gasteiger partial charge in [-0.25, -0.2) is 0 Å². The molecule has 0 aliphatic carbocycles. The van der Waals surface area contributed by atoms with Gasteiger partial charge in [-0.05, 0) is 37.3 Å². The summed E-state index contributed by atoms with van der Waals surface area (Å²) in [6, 6.07) is 12.2. The Balaban J connectivity index is 1.79. The Morgan fingerprint density at radius 3 is 2.59 bits per heavy atom. The molecule has 1 unspecified atom stereocenters. The summed E-state index contributed by atoms with van der Waals surface area (Å²) in [4.78, 5) is 26.8. The smallest absolute Gasteiger partial charge is 0.266 e. The van der Waals surface area contributed by atoms with Crippen LogP contribution in [-0.4, -0.2) is 37.3 Å². The standard InChI is InChI=1S/C19H16N2O4S2/c1-11(17(24)20-13-5-3-2-4-6-13)21-18(25)16(27-19(21)26)9-12-7-8-14(22)10-15(12)23/h2-11,22-23H,1H3,(H,20,24)/b16-9-. The predicted molar refractivity (Wildman–Crippen MR) is 109 cm³/mol. The maximum atomic E-state index is 12.7. The number of hydrogen-bond donors (Lipinski definition) is 3. The molecule has 1 atom stereocenters. The third-order valence-corrected chi connectivity index (χ3v) is 5.26. The molecule has 3 rings (SSSR count). The van der Waals surface area contributed by atoms with Crippen LogP contribution in [-0.2, 0) is 9.59 Å². The van der Waals surface area contributed by atoms with E-state index in [-0.39, 0.29) is 21.7 Å². The zero-order valence-corrected chi connectivity index (χ0v) is 15.9. The van der Waals surface area contributed by atoms with E-state index in [1.54, 1.807) is 31.2 Å². The summed E-state index contributed by atoms with van der Waals surface area (Å²) >= 11 is 6.33. The van der Waals surface area contributed by atoms with Gasteiger partial charge in [0.15, 0.2) is 0 Å². The maximum Gasteiger partial charge on any atom is 0.266 e. The van der Waals surface area contributed by atoms with Crippen LogP contribution in [0.5, 0.6) is 11.5 Å². The molecule has 0 bridgehead atoms. The molecule has 0 saturated carbocycles. The number of amides is 2. The van der Waals surface area contributed by atoms with Crippen LogP contribution in [0.25, 0.3) is 6.08 Å². The minimum atomic E-state index is -0.794. The maximum absolute atomic E-state index is 12.7. The highest BCUT2D eigenvalue weighted by Gasteiger charge is 2.38. The van der Waals surface area contributed by atoms with Crippen LogP contribution >= 0.6 is 24.0 Å². The molecule has 1 aliphatic rings. The molecule has 0 aromatic heterocycles. The summed E-state index contributed by atoms with van der Waals surface area (Å²) in [5.74, 6) is -1.00. The van der Waals surface area contributed by atoms with E-state index in [9.17, 15) is 19.8 Å². The summed E-state index contributed by atoms with van der Waals surface area (Å²) in [5, 5.41) is 22.0. The number of phenols is 2. The number of nitrogens with zero attached hydrogens (tertiary/aromatic N) is 1. The second-order valence-electron chi connectivity index (χ2n) is 5.83. The van der Waals surface area contributed by atoms with E-state index in [2.05, 4.69) is 5.32 Å². The van der Waals surface area contributed by atoms with Gasteiger partial charge in [-0.3, -0.25) is 14.5 Å². The average molecular weight is 400 g/mol. The fraction of sp³-hybridized carbons (Fsp3) is 0.105. The minimum Gasteiger partial charge on any atom is -0.508 e. The third-order valence-electron chi connectivity index (χ3n) is 3.93. The molecule has 27 heavy (non-hydrogen) atoms. The van der Waals surface area contributed by atoms with Crippen LogP contribution < -0.4 is 5.32 Å². The number of carbonyl (C=O) groups is 2. The molecular formula is C19H16N2O4S2. The Morgan fingerprint density at radius 1 is 1.22 bits per heavy atom. The number of carbonyl (C=O) groups excluding carboxylic acids is 2. The van der Waals surface area contributed by atoms with E-state index in [1.165, 1.54) is 29.2 Å². The molecule has 1 fully saturated rings. The number of para-hydroxylation sites is 1. The van der Waals surface area contributed by atoms with E-state index in [4.69, 9.17) is 12.2 Å². The largest absolute Gasteiger partial charge is 0.508 e. The number of aromatic hydroxyl groups is 2. The summed E-state index contributed by atoms with van der Waals surface area (Å²) in [6.45, 7) is 1.60. The molecule has 8 heteroatoms. The highest BCUT2D eigenvalue weighted by molar-refractivity contribution is 8.26. The van der Waals surface area contributed by atoms with Crippen molar-refractivity contribution in [1.82, 2.24) is 4.90 Å². The van der Waals surface area contributed by atoms with Gasteiger partial charge < -0.3 is 15.5 Å². The lowest BCUT2D eigenvalue weighted by Gasteiger charge is -2.22. The highest BCUT2D eigenvalue weighted by atomic mass is 32.2. The monoisotopic (exact) mass is 400 g/mol. The first-order chi connectivity index (χ1) is 12.9. The zero-order chi connectivity index (χ0) is 19.6. The van der Waals surface area contributed by atoms with Crippen molar-refractivity contribution in [3.63, 3.8) is 0 Å². The van der Waals surface area contributed by atoms with Gasteiger partial charge in [-0.15, -0.1) is 0 Å². The second-order valence-corrected chi connectivity index (χ2v) is 7.50. The quantitative estimate of drug-likeness (QED) is 0.539. The summed E-state index contributed by atoms with van der Waals surface area (Å²) < 4.78 is 0.264. The van der Waals surface area contributed by atoms with Gasteiger partial charge in [-0.2, -0.15) is 0 Å². The van der Waals surface area contributed by atoms with Gasteiger partial charge in [0, 0.05) is 17.3 Å². The number of benzene rings is 2. The van der Waals surface area contributed by atoms with E-state index in [1.807, 2.05) is 6.07 Å². The Bertz CT molecular complexity index is 944. The normalized spacial score (nSPS) is 16.6. The van der Waals surface area contributed by atoms with Crippen molar-refractivity contribution in [1.29, 1.82) is 0 Å². The van der Waals surface area contributed by atoms with Crippen LogP contribution in [0, 0.1) is 0 Å². The molecular weight excluding hydrogens is 384 g/mol. The van der Waals surface area contributed by atoms with E-state index < -0.39 is 11.9 Å². The van der Waals surface area contributed by atoms with Crippen molar-refractivity contribution >= 4 is 51.9 Å². The Labute approximate surface area is 165 Å². The SMILES string of the molecule is CC(C(=O)Nc1ccccc1)N1C(=O)/C(=C/c2ccc(O)cc2O)SC1=S. The van der Waals surface area contributed by atoms with Crippen LogP contribution in [0.15, 0.2) is 53.4 Å². The zero-order valence-electron chi connectivity index (χ0n) is 14.2. The molecule has 2 aromatic carbocycles. The van der Waals surface area contributed by atoms with E-state index in [0.29, 0.717) is 16.2 Å². The lowest BCUT2D eigenvalue weighted by atomic mass is 10.1. The van der Waals surface area contributed by atoms with Crippen molar-refractivity contribution in [3.05, 3.63) is 59.0 Å². The van der Waals surface area contributed by atoms with Crippen LogP contribution in [0.2, 0.25) is 0 Å². The Morgan fingerprint density at radius 2 is 1.93 bits per heavy atom. The topological polar surface area (TPSA) is 89.9 Å². The number of thiocarbonyl (C=S) groups is 1. The van der Waals surface area contributed by atoms with Gasteiger partial charge in [0.1, 0.15) is 21.9 Å². The number of phenolic OH excluding ortho intramolecular Hbond substituents is 2. The van der Waals surface area contributed by atoms with Gasteiger partial charge in [0.25, 0.3) is 5.91 Å². The minimum absolute atomic E-state index is 0.0802. The first kappa shape index (κ1) is 18.9. The lowest BCUT2D eigenvalue weighted by molar-refractivity contribution is -0.129. The average Bonchev–Trinajstić information content (AvgIpc) is 2.91. The molecule has 3 N–H and O–H groups in total. The molecule has 1 heterocycles. The number of nitrogens with one attached hydrogen (secondary N) is 1. The number of rotatable bonds is 4. The van der Waals surface area contributed by atoms with Crippen LogP contribution in [0.1, 0.15) is 12.5 Å². The second kappa shape index (κ2) is 7.81. The summed E-state index contributed by atoms with van der Waals surface area (Å²) in [6.07, 6.45) is 1.48. The Kier molecular flexibility index (Phi) is 5.48. The van der Waals surface area contributed by atoms with Crippen molar-refractivity contribution in [2.75, 3.05) is 5.32 Å². The molecule has 2 aromatic rings. The first-order valence-corrected chi connectivity index (χ1v) is 9.24. The lowest BCUT2D eigenvalue weighted by Crippen LogP contribution is -2.44. The molecule has 0 spiro atoms. The number of thioether (sulfide) groups is 1. The molecule has 0 radical (unpaired) electrons. The molecule has 1 saturated heterocycles. The third kappa shape index (κ3) is 4.12. The summed E-state index contributed by atoms with van der Waals surface area (Å²) in [5.41, 5.74) is 0.999. The van der Waals surface area contributed by atoms with Crippen LogP contribution in [0.4, 0.5) is 5.69 Å². The van der Waals surface area contributed by atoms with Gasteiger partial charge in [-0.1, -0.05) is 42.2 Å². The molecule has 1 aliphatic heterocycles. The van der Waals surface area contributed by atoms with Gasteiger partial charge >= 0.3 is 0 Å². The van der Waals surface area contributed by atoms with Gasteiger partial charge in [0.2, 0.25) is 5.91 Å². The van der Waals surface area contributed by atoms with Crippen molar-refractivity contribution in [3.8, 4) is 11.5 Å². The predicted octanol–water partition coefficient (Wildman–Crippen LogP) is 3.33. The first-order valence-electron chi connectivity index (χ1n) is 8.02. The van der Waals surface area contributed by atoms with Gasteiger partial charge in [0.05, 0.1) is 4.91 Å². The van der Waals surface area contributed by atoms with Crippen LogP contribution in [0.3, 0.4) is 0 Å². The van der Waals surface area contributed by atoms with E-state index in [0.717, 1.165) is 11.8 Å². The highest BCUT2D eigenvalue weighted by Crippen LogP contribution is 2.36. The Hall–Kier alpha value is -2.84. The number of hydrogen-bond acceptors (Lipinski definition) is 6. The fourth-order valence-corrected chi connectivity index (χ4v) is 3.90. The van der Waals surface area contributed by atoms with Crippen molar-refractivity contribution in [2.45, 2.75) is 13.0 Å². The molecule has 6 nitrogen and oxygen atoms in total. The molecule has 2 amide bonds. The summed E-state index contributed by atoms with van der Waals surface area (Å²) in [7, 11) is 0. The molecule has 138 valence electrons. The van der Waals surface area contributed by atoms with Crippen molar-refractivity contribution < 1.29 is 19.8 Å². The van der Waals surface area contributed by atoms with E-state index >= 15 is 0 Å². The fourth-order valence-electron chi connectivity index (χ4n) is 2.49.